The van der Waals surface area contributed by atoms with Crippen molar-refractivity contribution in [2.45, 2.75) is 6.04 Å². The summed E-state index contributed by atoms with van der Waals surface area (Å²) in [5.74, 6) is -0.110. The molecule has 5 nitrogen and oxygen atoms in total. The number of benzene rings is 3. The van der Waals surface area contributed by atoms with Crippen LogP contribution in [0, 0.1) is 0 Å². The molecule has 27 heavy (non-hydrogen) atoms. The number of carbonyl (C=O) groups excluding carboxylic acids is 1. The van der Waals surface area contributed by atoms with Crippen LogP contribution in [0.2, 0.25) is 0 Å². The highest BCUT2D eigenvalue weighted by molar-refractivity contribution is 5.96. The van der Waals surface area contributed by atoms with Crippen molar-refractivity contribution < 1.29 is 4.79 Å². The molecule has 0 aliphatic heterocycles. The third-order valence-electron chi connectivity index (χ3n) is 4.93. The van der Waals surface area contributed by atoms with Gasteiger partial charge in [0.25, 0.3) is 5.91 Å². The highest BCUT2D eigenvalue weighted by Gasteiger charge is 2.29. The van der Waals surface area contributed by atoms with E-state index in [0.29, 0.717) is 5.56 Å². The maximum absolute atomic E-state index is 13.0. The summed E-state index contributed by atoms with van der Waals surface area (Å²) in [7, 11) is 0. The van der Waals surface area contributed by atoms with Crippen LogP contribution in [0.4, 0.5) is 0 Å². The fourth-order valence-electron chi connectivity index (χ4n) is 3.67. The number of fused-ring (bicyclic) bond motifs is 3. The van der Waals surface area contributed by atoms with Crippen molar-refractivity contribution in [1.82, 2.24) is 20.1 Å². The van der Waals surface area contributed by atoms with E-state index in [0.717, 1.165) is 16.8 Å². The molecule has 0 fully saturated rings. The lowest BCUT2D eigenvalue weighted by Gasteiger charge is -2.16. The van der Waals surface area contributed by atoms with Crippen molar-refractivity contribution in [3.05, 3.63) is 102 Å². The summed E-state index contributed by atoms with van der Waals surface area (Å²) < 4.78 is 1.77. The molecule has 3 aromatic carbocycles. The van der Waals surface area contributed by atoms with Gasteiger partial charge in [-0.15, -0.1) is 10.2 Å². The van der Waals surface area contributed by atoms with Crippen LogP contribution in [-0.2, 0) is 0 Å². The van der Waals surface area contributed by atoms with Crippen LogP contribution < -0.4 is 5.32 Å². The van der Waals surface area contributed by atoms with E-state index in [1.54, 1.807) is 17.2 Å². The SMILES string of the molecule is O=C(NC1c2ccccc2-c2ccccc21)c1cccc(-n2cnnc2)c1. The number of aromatic nitrogens is 3. The molecule has 0 saturated heterocycles. The lowest BCUT2D eigenvalue weighted by atomic mass is 10.0. The lowest BCUT2D eigenvalue weighted by Crippen LogP contribution is -2.28. The third-order valence-corrected chi connectivity index (χ3v) is 4.93. The summed E-state index contributed by atoms with van der Waals surface area (Å²) >= 11 is 0. The molecule has 4 aromatic rings. The van der Waals surface area contributed by atoms with Gasteiger partial charge in [-0.25, -0.2) is 0 Å². The van der Waals surface area contributed by atoms with Crippen molar-refractivity contribution in [2.24, 2.45) is 0 Å². The van der Waals surface area contributed by atoms with Gasteiger partial charge in [-0.1, -0.05) is 54.6 Å². The normalized spacial score (nSPS) is 12.4. The fourth-order valence-corrected chi connectivity index (χ4v) is 3.67. The van der Waals surface area contributed by atoms with Crippen LogP contribution in [-0.4, -0.2) is 20.7 Å². The molecule has 0 radical (unpaired) electrons. The molecule has 0 saturated carbocycles. The van der Waals surface area contributed by atoms with Crippen molar-refractivity contribution in [2.75, 3.05) is 0 Å². The Morgan fingerprint density at radius 2 is 1.44 bits per heavy atom. The zero-order valence-electron chi connectivity index (χ0n) is 14.4. The zero-order valence-corrected chi connectivity index (χ0v) is 14.4. The maximum Gasteiger partial charge on any atom is 0.252 e. The number of hydrogen-bond donors (Lipinski definition) is 1. The van der Waals surface area contributed by atoms with E-state index in [2.05, 4.69) is 39.8 Å². The van der Waals surface area contributed by atoms with Gasteiger partial charge in [0.05, 0.1) is 6.04 Å². The highest BCUT2D eigenvalue weighted by Crippen LogP contribution is 2.43. The quantitative estimate of drug-likeness (QED) is 0.611. The first-order chi connectivity index (χ1) is 13.3. The molecular weight excluding hydrogens is 336 g/mol. The first kappa shape index (κ1) is 15.5. The van der Waals surface area contributed by atoms with Gasteiger partial charge in [0.15, 0.2) is 0 Å². The number of amides is 1. The topological polar surface area (TPSA) is 59.8 Å². The maximum atomic E-state index is 13.0. The molecule has 1 heterocycles. The van der Waals surface area contributed by atoms with Crippen LogP contribution in [0.5, 0.6) is 0 Å². The Hall–Kier alpha value is -3.73. The summed E-state index contributed by atoms with van der Waals surface area (Å²) in [5.41, 5.74) is 6.06. The summed E-state index contributed by atoms with van der Waals surface area (Å²) in [6, 6.07) is 23.7. The molecule has 5 heteroatoms. The van der Waals surface area contributed by atoms with Crippen molar-refractivity contribution in [3.63, 3.8) is 0 Å². The van der Waals surface area contributed by atoms with Gasteiger partial charge in [0, 0.05) is 11.3 Å². The predicted octanol–water partition coefficient (Wildman–Crippen LogP) is 3.77. The fraction of sp³-hybridized carbons (Fsp3) is 0.0455. The van der Waals surface area contributed by atoms with E-state index in [1.807, 2.05) is 48.5 Å². The number of carbonyl (C=O) groups is 1. The molecule has 0 unspecified atom stereocenters. The van der Waals surface area contributed by atoms with Crippen LogP contribution in [0.15, 0.2) is 85.5 Å². The van der Waals surface area contributed by atoms with Crippen LogP contribution >= 0.6 is 0 Å². The second-order valence-electron chi connectivity index (χ2n) is 6.50. The van der Waals surface area contributed by atoms with Gasteiger partial charge >= 0.3 is 0 Å². The number of nitrogens with zero attached hydrogens (tertiary/aromatic N) is 3. The molecular formula is C22H16N4O. The van der Waals surface area contributed by atoms with Gasteiger partial charge in [-0.2, -0.15) is 0 Å². The Morgan fingerprint density at radius 3 is 2.11 bits per heavy atom. The van der Waals surface area contributed by atoms with Gasteiger partial charge in [-0.05, 0) is 40.5 Å². The van der Waals surface area contributed by atoms with Gasteiger partial charge in [0.2, 0.25) is 0 Å². The van der Waals surface area contributed by atoms with E-state index < -0.39 is 0 Å². The van der Waals surface area contributed by atoms with Gasteiger partial charge < -0.3 is 5.32 Å². The lowest BCUT2D eigenvalue weighted by molar-refractivity contribution is 0.0943. The van der Waals surface area contributed by atoms with E-state index in [1.165, 1.54) is 11.1 Å². The smallest absolute Gasteiger partial charge is 0.252 e. The van der Waals surface area contributed by atoms with Crippen LogP contribution in [0.1, 0.15) is 27.5 Å². The zero-order chi connectivity index (χ0) is 18.2. The Kier molecular flexibility index (Phi) is 3.57. The molecule has 1 amide bonds. The van der Waals surface area contributed by atoms with E-state index in [-0.39, 0.29) is 11.9 Å². The molecule has 1 N–H and O–H groups in total. The molecule has 0 spiro atoms. The van der Waals surface area contributed by atoms with Crippen LogP contribution in [0.3, 0.4) is 0 Å². The van der Waals surface area contributed by atoms with E-state index in [4.69, 9.17) is 0 Å². The Labute approximate surface area is 156 Å². The minimum Gasteiger partial charge on any atom is -0.341 e. The highest BCUT2D eigenvalue weighted by atomic mass is 16.1. The molecule has 5 rings (SSSR count). The number of hydrogen-bond acceptors (Lipinski definition) is 3. The van der Waals surface area contributed by atoms with Crippen molar-refractivity contribution in [3.8, 4) is 16.8 Å². The van der Waals surface area contributed by atoms with Crippen molar-refractivity contribution >= 4 is 5.91 Å². The molecule has 1 aliphatic carbocycles. The first-order valence-electron chi connectivity index (χ1n) is 8.75. The summed E-state index contributed by atoms with van der Waals surface area (Å²) in [6.07, 6.45) is 3.22. The molecule has 130 valence electrons. The summed E-state index contributed by atoms with van der Waals surface area (Å²) in [6.45, 7) is 0. The molecule has 1 aliphatic rings. The largest absolute Gasteiger partial charge is 0.341 e. The van der Waals surface area contributed by atoms with E-state index >= 15 is 0 Å². The molecule has 1 aromatic heterocycles. The summed E-state index contributed by atoms with van der Waals surface area (Å²) in [5, 5.41) is 10.8. The average Bonchev–Trinajstić information content (AvgIpc) is 3.36. The Bertz CT molecular complexity index is 1090. The van der Waals surface area contributed by atoms with Crippen molar-refractivity contribution in [1.29, 1.82) is 0 Å². The Balaban J connectivity index is 1.49. The minimum absolute atomic E-state index is 0.110. The standard InChI is InChI=1S/C22H16N4O/c27-22(15-6-5-7-16(12-15)26-13-23-24-14-26)25-21-19-10-3-1-8-17(19)18-9-2-4-11-20(18)21/h1-14,21H,(H,25,27). The third kappa shape index (κ3) is 2.60. The summed E-state index contributed by atoms with van der Waals surface area (Å²) in [4.78, 5) is 13.0. The average molecular weight is 352 g/mol. The number of rotatable bonds is 3. The minimum atomic E-state index is -0.150. The monoisotopic (exact) mass is 352 g/mol. The van der Waals surface area contributed by atoms with Gasteiger partial charge in [0.1, 0.15) is 12.7 Å². The Morgan fingerprint density at radius 1 is 0.815 bits per heavy atom. The molecule has 0 bridgehead atoms. The van der Waals surface area contributed by atoms with Crippen LogP contribution in [0.25, 0.3) is 16.8 Å². The number of nitrogens with one attached hydrogen (secondary N) is 1. The van der Waals surface area contributed by atoms with Gasteiger partial charge in [-0.3, -0.25) is 9.36 Å². The second kappa shape index (κ2) is 6.21. The van der Waals surface area contributed by atoms with E-state index in [9.17, 15) is 4.79 Å². The first-order valence-corrected chi connectivity index (χ1v) is 8.75. The predicted molar refractivity (Wildman–Crippen MR) is 103 cm³/mol. The second-order valence-corrected chi connectivity index (χ2v) is 6.50. The molecule has 0 atom stereocenters.